The molecule has 3 aliphatic heterocycles. The molecule has 15 unspecified atom stereocenters. The van der Waals surface area contributed by atoms with Gasteiger partial charge < -0.3 is 87.1 Å². The largest absolute Gasteiger partial charge is 0.394 e. The standard InChI is InChI=1S/C16H32N2O9.C10H22N2O4/c1-16(2,3)27-14-8(18)10(21)13(6(4-17)24-14)26-15-12(23)11(22)9(20)7(5-19)25-15;1-10(2,3)16-9-6(12)8(14)7(13)5(4-11)15-9/h6-15,19-23H,4-5,17-18H2,1-3H3;5-9,13-14H,4,11-12H2,1-3H3. The fourth-order valence-electron chi connectivity index (χ4n) is 4.69. The van der Waals surface area contributed by atoms with Crippen molar-refractivity contribution in [1.82, 2.24) is 0 Å². The molecule has 43 heavy (non-hydrogen) atoms. The molecular weight excluding hydrogens is 576 g/mol. The monoisotopic (exact) mass is 630 g/mol. The van der Waals surface area contributed by atoms with Crippen molar-refractivity contribution in [2.45, 2.75) is 145 Å². The van der Waals surface area contributed by atoms with Crippen LogP contribution in [-0.2, 0) is 28.4 Å². The van der Waals surface area contributed by atoms with Crippen molar-refractivity contribution >= 4 is 0 Å². The summed E-state index contributed by atoms with van der Waals surface area (Å²) in [4.78, 5) is 0. The topological polar surface area (TPSA) is 301 Å². The molecule has 15 atom stereocenters. The first-order valence-electron chi connectivity index (χ1n) is 14.3. The molecule has 3 rings (SSSR count). The molecule has 3 heterocycles. The Kier molecular flexibility index (Phi) is 14.1. The molecule has 15 N–H and O–H groups in total. The van der Waals surface area contributed by atoms with Crippen LogP contribution in [0, 0.1) is 0 Å². The number of aliphatic hydroxyl groups excluding tert-OH is 7. The highest BCUT2D eigenvalue weighted by Crippen LogP contribution is 2.30. The second kappa shape index (κ2) is 15.7. The van der Waals surface area contributed by atoms with Gasteiger partial charge in [0.2, 0.25) is 0 Å². The Labute approximate surface area is 251 Å². The van der Waals surface area contributed by atoms with E-state index in [1.54, 1.807) is 0 Å². The van der Waals surface area contributed by atoms with Gasteiger partial charge in [0.05, 0.1) is 29.9 Å². The Morgan fingerprint density at radius 1 is 0.558 bits per heavy atom. The molecule has 3 aliphatic rings. The van der Waals surface area contributed by atoms with Crippen LogP contribution in [0.1, 0.15) is 41.5 Å². The van der Waals surface area contributed by atoms with Crippen molar-refractivity contribution in [2.75, 3.05) is 19.7 Å². The fourth-order valence-corrected chi connectivity index (χ4v) is 4.69. The highest BCUT2D eigenvalue weighted by Gasteiger charge is 2.50. The zero-order valence-corrected chi connectivity index (χ0v) is 25.7. The van der Waals surface area contributed by atoms with Crippen molar-refractivity contribution in [1.29, 1.82) is 0 Å². The molecule has 0 aromatic heterocycles. The maximum Gasteiger partial charge on any atom is 0.187 e. The van der Waals surface area contributed by atoms with Gasteiger partial charge in [0.25, 0.3) is 0 Å². The summed E-state index contributed by atoms with van der Waals surface area (Å²) < 4.78 is 33.4. The molecule has 0 aliphatic carbocycles. The van der Waals surface area contributed by atoms with E-state index < -0.39 is 110 Å². The minimum Gasteiger partial charge on any atom is -0.394 e. The Bertz CT molecular complexity index is 828. The Hall–Kier alpha value is -0.680. The van der Waals surface area contributed by atoms with Gasteiger partial charge in [0, 0.05) is 13.1 Å². The van der Waals surface area contributed by atoms with E-state index in [0.717, 1.165) is 0 Å². The lowest BCUT2D eigenvalue weighted by atomic mass is 9.95. The molecule has 0 amide bonds. The van der Waals surface area contributed by atoms with E-state index >= 15 is 0 Å². The van der Waals surface area contributed by atoms with Crippen LogP contribution >= 0.6 is 0 Å². The lowest BCUT2D eigenvalue weighted by molar-refractivity contribution is -0.349. The summed E-state index contributed by atoms with van der Waals surface area (Å²) in [6, 6.07) is -1.75. The van der Waals surface area contributed by atoms with Crippen LogP contribution in [0.2, 0.25) is 0 Å². The second-order valence-corrected chi connectivity index (χ2v) is 12.9. The SMILES string of the molecule is CC(C)(C)OC1OC(CN)C(O)C(O)C1N.CC(C)(C)OC1OC(CN)C(OC2OC(CO)C(O)C(O)C2O)C(O)C1N. The summed E-state index contributed by atoms with van der Waals surface area (Å²) in [5, 5.41) is 69.0. The number of ether oxygens (including phenoxy) is 6. The van der Waals surface area contributed by atoms with Crippen LogP contribution in [0.3, 0.4) is 0 Å². The average molecular weight is 631 g/mol. The molecule has 17 nitrogen and oxygen atoms in total. The zero-order valence-electron chi connectivity index (χ0n) is 25.7. The van der Waals surface area contributed by atoms with E-state index in [9.17, 15) is 35.7 Å². The number of aliphatic hydroxyl groups is 7. The van der Waals surface area contributed by atoms with Gasteiger partial charge in [-0.15, -0.1) is 0 Å². The Morgan fingerprint density at radius 3 is 1.42 bits per heavy atom. The van der Waals surface area contributed by atoms with Crippen molar-refractivity contribution in [3.8, 4) is 0 Å². The Morgan fingerprint density at radius 2 is 0.977 bits per heavy atom. The van der Waals surface area contributed by atoms with E-state index in [1.807, 2.05) is 41.5 Å². The molecular formula is C26H54N4O13. The van der Waals surface area contributed by atoms with Crippen molar-refractivity contribution in [3.05, 3.63) is 0 Å². The molecule has 0 saturated carbocycles. The lowest BCUT2D eigenvalue weighted by Crippen LogP contribution is -2.67. The van der Waals surface area contributed by atoms with Crippen molar-refractivity contribution < 1.29 is 64.2 Å². The van der Waals surface area contributed by atoms with E-state index in [2.05, 4.69) is 0 Å². The van der Waals surface area contributed by atoms with E-state index in [-0.39, 0.29) is 13.1 Å². The summed E-state index contributed by atoms with van der Waals surface area (Å²) in [5.41, 5.74) is 21.9. The molecule has 256 valence electrons. The van der Waals surface area contributed by atoms with E-state index in [4.69, 9.17) is 51.4 Å². The minimum atomic E-state index is -1.62. The first kappa shape index (κ1) is 38.5. The van der Waals surface area contributed by atoms with Gasteiger partial charge in [-0.2, -0.15) is 0 Å². The first-order chi connectivity index (χ1) is 19.8. The highest BCUT2D eigenvalue weighted by atomic mass is 16.7. The first-order valence-corrected chi connectivity index (χ1v) is 14.3. The molecule has 0 radical (unpaired) electrons. The molecule has 0 aromatic rings. The normalized spacial score (nSPS) is 44.4. The number of nitrogens with two attached hydrogens (primary N) is 4. The Balaban J connectivity index is 0.000000344. The van der Waals surface area contributed by atoms with Crippen molar-refractivity contribution in [3.63, 3.8) is 0 Å². The van der Waals surface area contributed by atoms with E-state index in [0.29, 0.717) is 0 Å². The molecule has 0 aromatic carbocycles. The van der Waals surface area contributed by atoms with Gasteiger partial charge in [-0.3, -0.25) is 0 Å². The lowest BCUT2D eigenvalue weighted by Gasteiger charge is -2.47. The van der Waals surface area contributed by atoms with Crippen LogP contribution < -0.4 is 22.9 Å². The summed E-state index contributed by atoms with van der Waals surface area (Å²) in [6.07, 6.45) is -15.0. The summed E-state index contributed by atoms with van der Waals surface area (Å²) in [5.74, 6) is 0. The van der Waals surface area contributed by atoms with Gasteiger partial charge in [-0.05, 0) is 41.5 Å². The van der Waals surface area contributed by atoms with E-state index in [1.165, 1.54) is 0 Å². The summed E-state index contributed by atoms with van der Waals surface area (Å²) in [6.45, 7) is 10.5. The second-order valence-electron chi connectivity index (χ2n) is 12.9. The van der Waals surface area contributed by atoms with Crippen LogP contribution in [-0.4, -0.2) is 159 Å². The van der Waals surface area contributed by atoms with Crippen LogP contribution in [0.5, 0.6) is 0 Å². The van der Waals surface area contributed by atoms with Crippen LogP contribution in [0.15, 0.2) is 0 Å². The zero-order chi connectivity index (χ0) is 33.0. The van der Waals surface area contributed by atoms with Gasteiger partial charge >= 0.3 is 0 Å². The minimum absolute atomic E-state index is 0.0458. The molecule has 0 bridgehead atoms. The highest BCUT2D eigenvalue weighted by molar-refractivity contribution is 4.96. The molecule has 17 heteroatoms. The number of hydrogen-bond acceptors (Lipinski definition) is 17. The third-order valence-corrected chi connectivity index (χ3v) is 7.01. The number of hydrogen-bond donors (Lipinski definition) is 11. The van der Waals surface area contributed by atoms with Gasteiger partial charge in [-0.1, -0.05) is 0 Å². The predicted octanol–water partition coefficient (Wildman–Crippen LogP) is -5.11. The molecule has 3 saturated heterocycles. The molecule has 0 spiro atoms. The van der Waals surface area contributed by atoms with Crippen LogP contribution in [0.25, 0.3) is 0 Å². The van der Waals surface area contributed by atoms with Crippen LogP contribution in [0.4, 0.5) is 0 Å². The van der Waals surface area contributed by atoms with Gasteiger partial charge in [-0.25, -0.2) is 0 Å². The average Bonchev–Trinajstić information content (AvgIpc) is 2.92. The quantitative estimate of drug-likeness (QED) is 0.125. The van der Waals surface area contributed by atoms with Crippen molar-refractivity contribution in [2.24, 2.45) is 22.9 Å². The maximum atomic E-state index is 10.6. The fraction of sp³-hybridized carbons (Fsp3) is 1.00. The molecule has 3 fully saturated rings. The third-order valence-electron chi connectivity index (χ3n) is 7.01. The summed E-state index contributed by atoms with van der Waals surface area (Å²) in [7, 11) is 0. The van der Waals surface area contributed by atoms with Gasteiger partial charge in [0.15, 0.2) is 18.9 Å². The predicted molar refractivity (Wildman–Crippen MR) is 150 cm³/mol. The smallest absolute Gasteiger partial charge is 0.187 e. The summed E-state index contributed by atoms with van der Waals surface area (Å²) >= 11 is 0. The third kappa shape index (κ3) is 10.2. The maximum absolute atomic E-state index is 10.6. The number of rotatable bonds is 7. The van der Waals surface area contributed by atoms with Gasteiger partial charge in [0.1, 0.15) is 61.0 Å².